The van der Waals surface area contributed by atoms with Gasteiger partial charge in [-0.3, -0.25) is 4.79 Å². The number of rotatable bonds is 5. The molecular formula is C19H11ClN2O5S. The van der Waals surface area contributed by atoms with Crippen LogP contribution in [0.4, 0.5) is 0 Å². The molecule has 0 amide bonds. The Morgan fingerprint density at radius 2 is 1.93 bits per heavy atom. The summed E-state index contributed by atoms with van der Waals surface area (Å²) in [5, 5.41) is 9.66. The predicted octanol–water partition coefficient (Wildman–Crippen LogP) is 4.84. The largest absolute Gasteiger partial charge is 0.454 e. The number of benzene rings is 2. The molecule has 0 fully saturated rings. The third-order valence-electron chi connectivity index (χ3n) is 4.11. The summed E-state index contributed by atoms with van der Waals surface area (Å²) in [6.07, 6.45) is 0. The number of Topliss-reactive ketones (excluding diaryl/α,β-unsaturated/α-hetero) is 1. The van der Waals surface area contributed by atoms with Crippen LogP contribution in [0.3, 0.4) is 0 Å². The number of aromatic nitrogens is 2. The molecule has 0 saturated heterocycles. The lowest BCUT2D eigenvalue weighted by Gasteiger charge is -1.98. The summed E-state index contributed by atoms with van der Waals surface area (Å²) in [5.41, 5.74) is 1.32. The van der Waals surface area contributed by atoms with Gasteiger partial charge in [-0.25, -0.2) is 0 Å². The molecule has 28 heavy (non-hydrogen) atoms. The topological polar surface area (TPSA) is 87.6 Å². The average Bonchev–Trinajstić information content (AvgIpc) is 3.43. The van der Waals surface area contributed by atoms with Crippen molar-refractivity contribution in [2.75, 3.05) is 12.5 Å². The Bertz CT molecular complexity index is 1200. The first-order valence-corrected chi connectivity index (χ1v) is 9.61. The van der Waals surface area contributed by atoms with Gasteiger partial charge in [0.05, 0.1) is 5.75 Å². The Balaban J connectivity index is 1.28. The maximum atomic E-state index is 12.4. The van der Waals surface area contributed by atoms with Crippen molar-refractivity contribution in [1.82, 2.24) is 10.2 Å². The number of carbonyl (C=O) groups excluding carboxylic acids is 1. The quantitative estimate of drug-likeness (QED) is 0.338. The zero-order valence-corrected chi connectivity index (χ0v) is 15.7. The van der Waals surface area contributed by atoms with Crippen LogP contribution in [-0.2, 0) is 0 Å². The maximum Gasteiger partial charge on any atom is 0.277 e. The summed E-state index contributed by atoms with van der Waals surface area (Å²) in [4.78, 5) is 12.4. The van der Waals surface area contributed by atoms with Crippen molar-refractivity contribution < 1.29 is 23.1 Å². The van der Waals surface area contributed by atoms with Crippen LogP contribution in [0.2, 0.25) is 5.02 Å². The van der Waals surface area contributed by atoms with Crippen molar-refractivity contribution in [1.29, 1.82) is 0 Å². The average molecular weight is 415 g/mol. The van der Waals surface area contributed by atoms with E-state index in [0.717, 1.165) is 17.1 Å². The van der Waals surface area contributed by atoms with Crippen molar-refractivity contribution in [3.05, 3.63) is 53.2 Å². The molecule has 0 unspecified atom stereocenters. The van der Waals surface area contributed by atoms with Gasteiger partial charge in [0.1, 0.15) is 5.58 Å². The fourth-order valence-corrected chi connectivity index (χ4v) is 3.58. The fraction of sp³-hybridized carbons (Fsp3) is 0.105. The molecular weight excluding hydrogens is 404 g/mol. The van der Waals surface area contributed by atoms with Crippen molar-refractivity contribution in [2.24, 2.45) is 0 Å². The SMILES string of the molecule is O=C(CSc1nnc(-c2ccc3c(c2)OCO3)o1)c1cc2cc(Cl)ccc2o1. The number of hydrogen-bond donors (Lipinski definition) is 0. The molecule has 0 bridgehead atoms. The van der Waals surface area contributed by atoms with E-state index in [0.29, 0.717) is 38.8 Å². The van der Waals surface area contributed by atoms with Crippen LogP contribution >= 0.6 is 23.4 Å². The fourth-order valence-electron chi connectivity index (χ4n) is 2.76. The molecule has 0 spiro atoms. The molecule has 0 radical (unpaired) electrons. The zero-order valence-electron chi connectivity index (χ0n) is 14.2. The Kier molecular flexibility index (Phi) is 4.22. The van der Waals surface area contributed by atoms with Gasteiger partial charge in [0.2, 0.25) is 18.5 Å². The number of furan rings is 1. The molecule has 5 rings (SSSR count). The maximum absolute atomic E-state index is 12.4. The van der Waals surface area contributed by atoms with Crippen molar-refractivity contribution >= 4 is 40.1 Å². The first-order valence-electron chi connectivity index (χ1n) is 8.24. The summed E-state index contributed by atoms with van der Waals surface area (Å²) in [6, 6.07) is 12.2. The van der Waals surface area contributed by atoms with Gasteiger partial charge in [-0.15, -0.1) is 10.2 Å². The molecule has 0 atom stereocenters. The standard InChI is InChI=1S/C19H11ClN2O5S/c20-12-2-4-14-11(5-12)7-16(26-14)13(23)8-28-19-22-21-18(27-19)10-1-3-15-17(6-10)25-9-24-15/h1-7H,8-9H2. The second kappa shape index (κ2) is 6.88. The van der Waals surface area contributed by atoms with Crippen LogP contribution < -0.4 is 9.47 Å². The van der Waals surface area contributed by atoms with Crippen molar-refractivity contribution in [2.45, 2.75) is 5.22 Å². The molecule has 0 saturated carbocycles. The van der Waals surface area contributed by atoms with E-state index in [4.69, 9.17) is 29.9 Å². The van der Waals surface area contributed by atoms with Gasteiger partial charge >= 0.3 is 0 Å². The second-order valence-electron chi connectivity index (χ2n) is 5.95. The molecule has 2 aromatic heterocycles. The summed E-state index contributed by atoms with van der Waals surface area (Å²) >= 11 is 7.11. The number of carbonyl (C=O) groups is 1. The van der Waals surface area contributed by atoms with Gasteiger partial charge in [0.15, 0.2) is 17.3 Å². The lowest BCUT2D eigenvalue weighted by atomic mass is 10.2. The monoisotopic (exact) mass is 414 g/mol. The third-order valence-corrected chi connectivity index (χ3v) is 5.16. The van der Waals surface area contributed by atoms with E-state index < -0.39 is 0 Å². The number of thioether (sulfide) groups is 1. The zero-order chi connectivity index (χ0) is 19.1. The van der Waals surface area contributed by atoms with E-state index in [9.17, 15) is 4.79 Å². The Morgan fingerprint density at radius 3 is 2.86 bits per heavy atom. The van der Waals surface area contributed by atoms with Crippen LogP contribution in [0.15, 0.2) is 56.5 Å². The normalized spacial score (nSPS) is 12.6. The van der Waals surface area contributed by atoms with Gasteiger partial charge in [-0.2, -0.15) is 0 Å². The minimum Gasteiger partial charge on any atom is -0.454 e. The third kappa shape index (κ3) is 3.21. The number of nitrogens with zero attached hydrogens (tertiary/aromatic N) is 2. The molecule has 0 aliphatic carbocycles. The molecule has 4 aromatic rings. The Morgan fingerprint density at radius 1 is 1.04 bits per heavy atom. The van der Waals surface area contributed by atoms with Crippen LogP contribution in [0.5, 0.6) is 11.5 Å². The highest BCUT2D eigenvalue weighted by Gasteiger charge is 2.18. The van der Waals surface area contributed by atoms with Crippen molar-refractivity contribution in [3.63, 3.8) is 0 Å². The van der Waals surface area contributed by atoms with E-state index in [1.165, 1.54) is 0 Å². The number of hydrogen-bond acceptors (Lipinski definition) is 8. The Labute approximate surface area is 167 Å². The minimum absolute atomic E-state index is 0.107. The van der Waals surface area contributed by atoms with E-state index >= 15 is 0 Å². The number of halogens is 1. The highest BCUT2D eigenvalue weighted by atomic mass is 35.5. The summed E-state index contributed by atoms with van der Waals surface area (Å²) in [7, 11) is 0. The molecule has 0 N–H and O–H groups in total. The summed E-state index contributed by atoms with van der Waals surface area (Å²) < 4.78 is 21.8. The van der Waals surface area contributed by atoms with Gasteiger partial charge < -0.3 is 18.3 Å². The molecule has 2 aromatic carbocycles. The van der Waals surface area contributed by atoms with Gasteiger partial charge in [-0.05, 0) is 42.5 Å². The molecule has 1 aliphatic rings. The lowest BCUT2D eigenvalue weighted by Crippen LogP contribution is -2.00. The van der Waals surface area contributed by atoms with Crippen LogP contribution in [-0.4, -0.2) is 28.5 Å². The van der Waals surface area contributed by atoms with E-state index in [1.807, 2.05) is 0 Å². The molecule has 1 aliphatic heterocycles. The first-order chi connectivity index (χ1) is 13.7. The van der Waals surface area contributed by atoms with Crippen LogP contribution in [0.1, 0.15) is 10.6 Å². The van der Waals surface area contributed by atoms with Gasteiger partial charge in [0, 0.05) is 16.0 Å². The number of ether oxygens (including phenoxy) is 2. The van der Waals surface area contributed by atoms with E-state index in [1.54, 1.807) is 42.5 Å². The van der Waals surface area contributed by atoms with Crippen molar-refractivity contribution in [3.8, 4) is 23.0 Å². The molecule has 9 heteroatoms. The van der Waals surface area contributed by atoms with Gasteiger partial charge in [0.25, 0.3) is 5.22 Å². The highest BCUT2D eigenvalue weighted by molar-refractivity contribution is 7.99. The molecule has 7 nitrogen and oxygen atoms in total. The second-order valence-corrected chi connectivity index (χ2v) is 7.31. The lowest BCUT2D eigenvalue weighted by molar-refractivity contribution is 0.0994. The predicted molar refractivity (Wildman–Crippen MR) is 102 cm³/mol. The summed E-state index contributed by atoms with van der Waals surface area (Å²) in [5.74, 6) is 1.84. The van der Waals surface area contributed by atoms with Crippen LogP contribution in [0.25, 0.3) is 22.4 Å². The minimum atomic E-state index is -0.180. The van der Waals surface area contributed by atoms with E-state index in [2.05, 4.69) is 10.2 Å². The van der Waals surface area contributed by atoms with Gasteiger partial charge in [-0.1, -0.05) is 23.4 Å². The number of ketones is 1. The molecule has 3 heterocycles. The number of fused-ring (bicyclic) bond motifs is 2. The van der Waals surface area contributed by atoms with Crippen LogP contribution in [0, 0.1) is 0 Å². The smallest absolute Gasteiger partial charge is 0.277 e. The first kappa shape index (κ1) is 17.2. The molecule has 140 valence electrons. The highest BCUT2D eigenvalue weighted by Crippen LogP contribution is 2.36. The summed E-state index contributed by atoms with van der Waals surface area (Å²) in [6.45, 7) is 0.194. The Hall–Kier alpha value is -2.97. The van der Waals surface area contributed by atoms with E-state index in [-0.39, 0.29) is 24.1 Å².